The largest absolute Gasteiger partial charge is 0.399 e. The van der Waals surface area contributed by atoms with E-state index in [1.54, 1.807) is 0 Å². The van der Waals surface area contributed by atoms with Gasteiger partial charge in [-0.25, -0.2) is 0 Å². The number of hydrogen-bond donors (Lipinski definition) is 2. The van der Waals surface area contributed by atoms with E-state index in [9.17, 15) is 4.79 Å². The monoisotopic (exact) mass is 365 g/mol. The van der Waals surface area contributed by atoms with Gasteiger partial charge in [0.05, 0.1) is 4.88 Å². The van der Waals surface area contributed by atoms with Crippen molar-refractivity contribution in [2.45, 2.75) is 38.3 Å². The number of fused-ring (bicyclic) bond motifs is 4. The van der Waals surface area contributed by atoms with Gasteiger partial charge in [-0.05, 0) is 69.3 Å². The average molecular weight is 366 g/mol. The van der Waals surface area contributed by atoms with Crippen molar-refractivity contribution in [2.24, 2.45) is 5.92 Å². The van der Waals surface area contributed by atoms with Gasteiger partial charge in [0.15, 0.2) is 0 Å². The molecule has 0 saturated carbocycles. The van der Waals surface area contributed by atoms with Crippen LogP contribution in [0.25, 0.3) is 10.1 Å². The van der Waals surface area contributed by atoms with Crippen molar-refractivity contribution in [3.63, 3.8) is 0 Å². The maximum atomic E-state index is 12.8. The molecule has 1 aromatic carbocycles. The molecule has 24 heavy (non-hydrogen) atoms. The fraction of sp³-hybridized carbons (Fsp3) is 0.500. The zero-order chi connectivity index (χ0) is 16.2. The molecule has 3 saturated heterocycles. The van der Waals surface area contributed by atoms with E-state index in [0.717, 1.165) is 33.7 Å². The van der Waals surface area contributed by atoms with Crippen molar-refractivity contribution < 1.29 is 4.79 Å². The van der Waals surface area contributed by atoms with Crippen LogP contribution in [0.3, 0.4) is 0 Å². The van der Waals surface area contributed by atoms with Gasteiger partial charge < -0.3 is 11.1 Å². The number of benzene rings is 1. The third-order valence-corrected chi connectivity index (χ3v) is 6.74. The second-order valence-electron chi connectivity index (χ2n) is 7.34. The number of anilines is 1. The summed E-state index contributed by atoms with van der Waals surface area (Å²) in [6.07, 6.45) is 2.38. The molecule has 5 rings (SSSR count). The van der Waals surface area contributed by atoms with E-state index in [2.05, 4.69) is 24.1 Å². The quantitative estimate of drug-likeness (QED) is 0.801. The molecule has 0 radical (unpaired) electrons. The molecule has 3 N–H and O–H groups in total. The summed E-state index contributed by atoms with van der Waals surface area (Å²) < 4.78 is 1.07. The van der Waals surface area contributed by atoms with Crippen LogP contribution in [0, 0.1) is 5.92 Å². The maximum absolute atomic E-state index is 12.8. The molecule has 2 bridgehead atoms. The number of nitrogen functional groups attached to an aromatic ring is 1. The highest BCUT2D eigenvalue weighted by atomic mass is 35.5. The Balaban J connectivity index is 0.00000169. The van der Waals surface area contributed by atoms with E-state index < -0.39 is 0 Å². The first-order chi connectivity index (χ1) is 10.9. The first kappa shape index (κ1) is 17.5. The number of nitrogens with one attached hydrogen (secondary N) is 1. The summed E-state index contributed by atoms with van der Waals surface area (Å²) in [5, 5.41) is 4.42. The Morgan fingerprint density at radius 3 is 2.67 bits per heavy atom. The molecule has 0 unspecified atom stereocenters. The molecule has 1 amide bonds. The predicted molar refractivity (Wildman–Crippen MR) is 103 cm³/mol. The van der Waals surface area contributed by atoms with Crippen LogP contribution in [-0.4, -0.2) is 35.5 Å². The Morgan fingerprint density at radius 1 is 1.29 bits per heavy atom. The van der Waals surface area contributed by atoms with Crippen LogP contribution in [0.1, 0.15) is 36.4 Å². The van der Waals surface area contributed by atoms with Gasteiger partial charge in [-0.15, -0.1) is 23.7 Å². The van der Waals surface area contributed by atoms with Gasteiger partial charge in [0, 0.05) is 22.0 Å². The number of halogens is 1. The van der Waals surface area contributed by atoms with Crippen molar-refractivity contribution in [3.05, 3.63) is 29.1 Å². The van der Waals surface area contributed by atoms with Crippen molar-refractivity contribution in [1.29, 1.82) is 0 Å². The van der Waals surface area contributed by atoms with E-state index >= 15 is 0 Å². The van der Waals surface area contributed by atoms with Crippen LogP contribution < -0.4 is 11.1 Å². The molecular weight excluding hydrogens is 342 g/mol. The number of rotatable bonds is 2. The van der Waals surface area contributed by atoms with E-state index in [4.69, 9.17) is 5.73 Å². The average Bonchev–Trinajstić information content (AvgIpc) is 2.94. The van der Waals surface area contributed by atoms with Crippen molar-refractivity contribution in [3.8, 4) is 0 Å². The SMILES string of the molecule is CC1(C)[C@H](NC(=O)c2cc3ccc(N)cc3s2)C2CCN1CC2.Cl. The minimum Gasteiger partial charge on any atom is -0.399 e. The molecule has 2 aromatic rings. The molecule has 3 aliphatic rings. The number of piperidine rings is 3. The number of nitrogens with two attached hydrogens (primary N) is 1. The summed E-state index contributed by atoms with van der Waals surface area (Å²) in [6, 6.07) is 8.01. The van der Waals surface area contributed by atoms with E-state index in [1.165, 1.54) is 24.2 Å². The van der Waals surface area contributed by atoms with Crippen LogP contribution in [0.4, 0.5) is 5.69 Å². The molecule has 0 spiro atoms. The van der Waals surface area contributed by atoms with Gasteiger partial charge in [0.2, 0.25) is 0 Å². The summed E-state index contributed by atoms with van der Waals surface area (Å²) in [6.45, 7) is 6.84. The molecule has 4 nitrogen and oxygen atoms in total. The lowest BCUT2D eigenvalue weighted by Crippen LogP contribution is -2.69. The zero-order valence-corrected chi connectivity index (χ0v) is 15.7. The Kier molecular flexibility index (Phi) is 4.53. The van der Waals surface area contributed by atoms with Crippen LogP contribution in [0.15, 0.2) is 24.3 Å². The van der Waals surface area contributed by atoms with Gasteiger partial charge >= 0.3 is 0 Å². The summed E-state index contributed by atoms with van der Waals surface area (Å²) in [4.78, 5) is 16.1. The lowest BCUT2D eigenvalue weighted by atomic mass is 9.72. The third-order valence-electron chi connectivity index (χ3n) is 5.64. The minimum atomic E-state index is 0. The van der Waals surface area contributed by atoms with Gasteiger partial charge in [-0.2, -0.15) is 0 Å². The zero-order valence-electron chi connectivity index (χ0n) is 14.0. The molecule has 3 fully saturated rings. The number of nitrogens with zero attached hydrogens (tertiary/aromatic N) is 1. The summed E-state index contributed by atoms with van der Waals surface area (Å²) in [5.74, 6) is 0.653. The van der Waals surface area contributed by atoms with Gasteiger partial charge in [-0.3, -0.25) is 9.69 Å². The van der Waals surface area contributed by atoms with Crippen LogP contribution in [-0.2, 0) is 0 Å². The standard InChI is InChI=1S/C18H23N3OS.ClH/c1-18(2)16(11-5-7-21(18)8-6-11)20-17(22)15-9-12-3-4-13(19)10-14(12)23-15;/h3-4,9-11,16H,5-8,19H2,1-2H3,(H,20,22);1H/t16-;/m1./s1. The lowest BCUT2D eigenvalue weighted by molar-refractivity contribution is -0.0377. The molecular formula is C18H24ClN3OS. The second kappa shape index (κ2) is 6.21. The van der Waals surface area contributed by atoms with Gasteiger partial charge in [0.1, 0.15) is 0 Å². The predicted octanol–water partition coefficient (Wildman–Crippen LogP) is 3.51. The highest BCUT2D eigenvalue weighted by molar-refractivity contribution is 7.20. The lowest BCUT2D eigenvalue weighted by Gasteiger charge is -2.56. The van der Waals surface area contributed by atoms with Gasteiger partial charge in [0.25, 0.3) is 5.91 Å². The molecule has 6 heteroatoms. The summed E-state index contributed by atoms with van der Waals surface area (Å²) in [7, 11) is 0. The van der Waals surface area contributed by atoms with Crippen molar-refractivity contribution in [1.82, 2.24) is 10.2 Å². The van der Waals surface area contributed by atoms with E-state index in [1.807, 2.05) is 24.3 Å². The number of hydrogen-bond acceptors (Lipinski definition) is 4. The Labute approximate surface area is 152 Å². The summed E-state index contributed by atoms with van der Waals surface area (Å²) >= 11 is 1.52. The smallest absolute Gasteiger partial charge is 0.261 e. The fourth-order valence-electron chi connectivity index (χ4n) is 4.25. The number of carbonyl (C=O) groups is 1. The summed E-state index contributed by atoms with van der Waals surface area (Å²) in [5.41, 5.74) is 6.62. The highest BCUT2D eigenvalue weighted by Crippen LogP contribution is 2.39. The first-order valence-corrected chi connectivity index (χ1v) is 9.12. The topological polar surface area (TPSA) is 58.4 Å². The van der Waals surface area contributed by atoms with Crippen molar-refractivity contribution >= 4 is 45.4 Å². The fourth-order valence-corrected chi connectivity index (χ4v) is 5.26. The minimum absolute atomic E-state index is 0. The van der Waals surface area contributed by atoms with E-state index in [-0.39, 0.29) is 29.9 Å². The van der Waals surface area contributed by atoms with Crippen LogP contribution >= 0.6 is 23.7 Å². The van der Waals surface area contributed by atoms with E-state index in [0.29, 0.717) is 5.92 Å². The van der Waals surface area contributed by atoms with Gasteiger partial charge in [-0.1, -0.05) is 6.07 Å². The van der Waals surface area contributed by atoms with Crippen LogP contribution in [0.2, 0.25) is 0 Å². The molecule has 1 atom stereocenters. The molecule has 4 heterocycles. The van der Waals surface area contributed by atoms with Crippen molar-refractivity contribution in [2.75, 3.05) is 18.8 Å². The molecule has 1 aromatic heterocycles. The number of carbonyl (C=O) groups excluding carboxylic acids is 1. The molecule has 130 valence electrons. The second-order valence-corrected chi connectivity index (χ2v) is 8.42. The van der Waals surface area contributed by atoms with Crippen LogP contribution in [0.5, 0.6) is 0 Å². The number of thiophene rings is 1. The molecule has 0 aliphatic carbocycles. The maximum Gasteiger partial charge on any atom is 0.261 e. The Hall–Kier alpha value is -1.30. The highest BCUT2D eigenvalue weighted by Gasteiger charge is 2.48. The number of amides is 1. The molecule has 3 aliphatic heterocycles. The normalized spacial score (nSPS) is 27.7. The Bertz CT molecular complexity index is 765. The first-order valence-electron chi connectivity index (χ1n) is 8.30. The third kappa shape index (κ3) is 2.79. The Morgan fingerprint density at radius 2 is 2.00 bits per heavy atom.